The first-order chi connectivity index (χ1) is 16.1. The number of hydrogen-bond acceptors (Lipinski definition) is 3. The Balaban J connectivity index is 1.90. The number of carbonyl (C=O) groups is 1. The predicted octanol–water partition coefficient (Wildman–Crippen LogP) is 5.68. The highest BCUT2D eigenvalue weighted by molar-refractivity contribution is 5.82. The molecule has 2 N–H and O–H groups in total. The number of nitrogens with two attached hydrogens (primary N) is 1. The molecule has 34 heavy (non-hydrogen) atoms. The maximum Gasteiger partial charge on any atom is 0.404 e. The fourth-order valence-corrected chi connectivity index (χ4v) is 4.35. The van der Waals surface area contributed by atoms with Gasteiger partial charge in [-0.1, -0.05) is 35.9 Å². The van der Waals surface area contributed by atoms with Gasteiger partial charge in [0, 0.05) is 30.1 Å². The number of carbonyl (C=O) groups excluding carboxylic acids is 1. The van der Waals surface area contributed by atoms with Gasteiger partial charge in [-0.2, -0.15) is 13.2 Å². The first kappa shape index (κ1) is 23.4. The zero-order chi connectivity index (χ0) is 24.5. The summed E-state index contributed by atoms with van der Waals surface area (Å²) in [5, 5.41) is 0. The molecule has 0 saturated carbocycles. The molecule has 0 radical (unpaired) electrons. The lowest BCUT2D eigenvalue weighted by Crippen LogP contribution is -2.45. The number of halogens is 4. The van der Waals surface area contributed by atoms with Crippen LogP contribution in [0.15, 0.2) is 78.6 Å². The molecule has 2 heterocycles. The van der Waals surface area contributed by atoms with Gasteiger partial charge in [-0.25, -0.2) is 4.39 Å². The van der Waals surface area contributed by atoms with Gasteiger partial charge < -0.3 is 5.73 Å². The Morgan fingerprint density at radius 2 is 1.82 bits per heavy atom. The summed E-state index contributed by atoms with van der Waals surface area (Å²) >= 11 is 0. The summed E-state index contributed by atoms with van der Waals surface area (Å²) in [5.74, 6) is -1.17. The SMILES string of the molecule is Cc1cc(C2=CC=C(CC(N)=O)CC2(c2ccc(-c3cccc(F)c3)cn2)C(F)(F)F)ccn1. The van der Waals surface area contributed by atoms with Crippen LogP contribution in [0, 0.1) is 12.7 Å². The van der Waals surface area contributed by atoms with Crippen LogP contribution in [0.1, 0.15) is 29.8 Å². The molecule has 4 rings (SSSR count). The minimum absolute atomic E-state index is 0.00438. The van der Waals surface area contributed by atoms with Gasteiger partial charge in [-0.3, -0.25) is 14.8 Å². The van der Waals surface area contributed by atoms with E-state index >= 15 is 13.2 Å². The summed E-state index contributed by atoms with van der Waals surface area (Å²) < 4.78 is 58.7. The molecular weight excluding hydrogens is 446 g/mol. The van der Waals surface area contributed by atoms with E-state index in [9.17, 15) is 9.18 Å². The molecule has 0 saturated heterocycles. The van der Waals surface area contributed by atoms with E-state index < -0.39 is 29.7 Å². The van der Waals surface area contributed by atoms with E-state index in [0.29, 0.717) is 22.4 Å². The van der Waals surface area contributed by atoms with E-state index in [1.54, 1.807) is 19.1 Å². The summed E-state index contributed by atoms with van der Waals surface area (Å²) in [6.07, 6.45) is 0.111. The van der Waals surface area contributed by atoms with E-state index in [4.69, 9.17) is 5.73 Å². The summed E-state index contributed by atoms with van der Waals surface area (Å²) in [6, 6.07) is 11.6. The average molecular weight is 467 g/mol. The number of amides is 1. The van der Waals surface area contributed by atoms with Gasteiger partial charge in [0.2, 0.25) is 5.91 Å². The normalized spacial score (nSPS) is 18.3. The van der Waals surface area contributed by atoms with Crippen molar-refractivity contribution >= 4 is 11.5 Å². The Bertz CT molecular complexity index is 1300. The molecule has 8 heteroatoms. The number of nitrogens with zero attached hydrogens (tertiary/aromatic N) is 2. The van der Waals surface area contributed by atoms with Crippen LogP contribution in [0.25, 0.3) is 16.7 Å². The van der Waals surface area contributed by atoms with E-state index in [-0.39, 0.29) is 23.3 Å². The molecule has 1 aliphatic carbocycles. The van der Waals surface area contributed by atoms with Gasteiger partial charge in [0.25, 0.3) is 0 Å². The molecule has 2 aromatic heterocycles. The number of hydrogen-bond donors (Lipinski definition) is 1. The number of alkyl halides is 3. The minimum atomic E-state index is -4.75. The largest absolute Gasteiger partial charge is 0.404 e. The lowest BCUT2D eigenvalue weighted by Gasteiger charge is -2.40. The van der Waals surface area contributed by atoms with Crippen LogP contribution in [0.3, 0.4) is 0 Å². The number of benzene rings is 1. The van der Waals surface area contributed by atoms with Gasteiger partial charge in [0.05, 0.1) is 5.69 Å². The number of allylic oxidation sites excluding steroid dienone is 3. The number of aryl methyl sites for hydroxylation is 1. The molecule has 4 nitrogen and oxygen atoms in total. The summed E-state index contributed by atoms with van der Waals surface area (Å²) in [7, 11) is 0. The highest BCUT2D eigenvalue weighted by Crippen LogP contribution is 2.55. The van der Waals surface area contributed by atoms with Crippen molar-refractivity contribution in [1.29, 1.82) is 0 Å². The summed E-state index contributed by atoms with van der Waals surface area (Å²) in [5.41, 5.74) is 4.71. The fraction of sp³-hybridized carbons (Fsp3) is 0.192. The van der Waals surface area contributed by atoms with Crippen LogP contribution < -0.4 is 5.73 Å². The summed E-state index contributed by atoms with van der Waals surface area (Å²) in [6.45, 7) is 1.70. The second kappa shape index (κ2) is 8.85. The van der Waals surface area contributed by atoms with Crippen molar-refractivity contribution in [3.63, 3.8) is 0 Å². The molecule has 3 aromatic rings. The Hall–Kier alpha value is -3.81. The number of aromatic nitrogens is 2. The Morgan fingerprint density at radius 3 is 2.44 bits per heavy atom. The molecule has 0 spiro atoms. The predicted molar refractivity (Wildman–Crippen MR) is 121 cm³/mol. The highest BCUT2D eigenvalue weighted by atomic mass is 19.4. The molecular formula is C26H21F4N3O. The third-order valence-electron chi connectivity index (χ3n) is 5.89. The van der Waals surface area contributed by atoms with Crippen LogP contribution in [0.5, 0.6) is 0 Å². The second-order valence-corrected chi connectivity index (χ2v) is 8.26. The molecule has 1 atom stereocenters. The quantitative estimate of drug-likeness (QED) is 0.491. The van der Waals surface area contributed by atoms with Gasteiger partial charge >= 0.3 is 6.18 Å². The first-order valence-electron chi connectivity index (χ1n) is 10.5. The third-order valence-corrected chi connectivity index (χ3v) is 5.89. The molecule has 1 aliphatic rings. The zero-order valence-corrected chi connectivity index (χ0v) is 18.2. The van der Waals surface area contributed by atoms with Crippen molar-refractivity contribution in [2.45, 2.75) is 31.4 Å². The molecule has 174 valence electrons. The molecule has 0 fully saturated rings. The van der Waals surface area contributed by atoms with Gasteiger partial charge in [0.1, 0.15) is 11.2 Å². The maximum atomic E-state index is 15.0. The van der Waals surface area contributed by atoms with Crippen LogP contribution in [-0.4, -0.2) is 22.1 Å². The molecule has 0 aliphatic heterocycles. The van der Waals surface area contributed by atoms with Gasteiger partial charge in [0.15, 0.2) is 0 Å². The average Bonchev–Trinajstić information content (AvgIpc) is 2.78. The smallest absolute Gasteiger partial charge is 0.369 e. The maximum absolute atomic E-state index is 15.0. The second-order valence-electron chi connectivity index (χ2n) is 8.26. The van der Waals surface area contributed by atoms with Crippen molar-refractivity contribution < 1.29 is 22.4 Å². The third kappa shape index (κ3) is 4.35. The summed E-state index contributed by atoms with van der Waals surface area (Å²) in [4.78, 5) is 19.8. The number of pyridine rings is 2. The Labute approximate surface area is 193 Å². The van der Waals surface area contributed by atoms with Crippen LogP contribution in [0.4, 0.5) is 17.6 Å². The molecule has 1 aromatic carbocycles. The van der Waals surface area contributed by atoms with Crippen molar-refractivity contribution in [2.75, 3.05) is 0 Å². The van der Waals surface area contributed by atoms with E-state index in [1.165, 1.54) is 60.9 Å². The van der Waals surface area contributed by atoms with Crippen molar-refractivity contribution in [2.24, 2.45) is 5.73 Å². The topological polar surface area (TPSA) is 68.9 Å². The molecule has 1 amide bonds. The number of primary amides is 1. The van der Waals surface area contributed by atoms with Gasteiger partial charge in [-0.15, -0.1) is 0 Å². The van der Waals surface area contributed by atoms with E-state index in [0.717, 1.165) is 0 Å². The van der Waals surface area contributed by atoms with E-state index in [1.807, 2.05) is 0 Å². The first-order valence-corrected chi connectivity index (χ1v) is 10.5. The van der Waals surface area contributed by atoms with E-state index in [2.05, 4.69) is 9.97 Å². The van der Waals surface area contributed by atoms with Crippen molar-refractivity contribution in [3.05, 3.63) is 101 Å². The molecule has 1 unspecified atom stereocenters. The molecule has 0 bridgehead atoms. The van der Waals surface area contributed by atoms with Crippen molar-refractivity contribution in [3.8, 4) is 11.1 Å². The lowest BCUT2D eigenvalue weighted by atomic mass is 9.66. The fourth-order valence-electron chi connectivity index (χ4n) is 4.35. The number of rotatable bonds is 5. The lowest BCUT2D eigenvalue weighted by molar-refractivity contribution is -0.174. The van der Waals surface area contributed by atoms with Crippen LogP contribution in [-0.2, 0) is 10.2 Å². The standard InChI is InChI=1S/C26H21F4N3O/c1-16-11-19(9-10-32-16)22-7-5-17(12-24(31)34)14-25(22,26(28,29)30)23-8-6-20(15-33-23)18-3-2-4-21(27)13-18/h2-11,13,15H,12,14H2,1H3,(H2,31,34). The van der Waals surface area contributed by atoms with Crippen LogP contribution >= 0.6 is 0 Å². The van der Waals surface area contributed by atoms with Crippen LogP contribution in [0.2, 0.25) is 0 Å². The Kier molecular flexibility index (Phi) is 6.08. The highest BCUT2D eigenvalue weighted by Gasteiger charge is 2.60. The Morgan fingerprint density at radius 1 is 1.03 bits per heavy atom. The zero-order valence-electron chi connectivity index (χ0n) is 18.2. The minimum Gasteiger partial charge on any atom is -0.369 e. The van der Waals surface area contributed by atoms with Crippen molar-refractivity contribution in [1.82, 2.24) is 9.97 Å². The van der Waals surface area contributed by atoms with Gasteiger partial charge in [-0.05, 0) is 60.4 Å². The monoisotopic (exact) mass is 467 g/mol.